The van der Waals surface area contributed by atoms with E-state index in [1.165, 1.54) is 19.6 Å². The number of urea groups is 2. The maximum Gasteiger partial charge on any atom is 0.327 e. The van der Waals surface area contributed by atoms with E-state index in [0.29, 0.717) is 48.9 Å². The van der Waals surface area contributed by atoms with Crippen molar-refractivity contribution in [2.45, 2.75) is 54.4 Å². The third kappa shape index (κ3) is 8.53. The lowest BCUT2D eigenvalue weighted by atomic mass is 9.89. The first-order valence-electron chi connectivity index (χ1n) is 12.6. The Balaban J connectivity index is 1.71. The molecule has 0 aliphatic carbocycles. The van der Waals surface area contributed by atoms with Crippen LogP contribution in [0.15, 0.2) is 0 Å². The smallest absolute Gasteiger partial charge is 0.327 e. The minimum atomic E-state index is -1.15. The highest BCUT2D eigenvalue weighted by atomic mass is 32.2. The standard InChI is InChI=1S/C24H42N4O6S2/c1-7-25-15-19(29)27(21(25)31)17-23(3,4)9-11-35(33)13-14-36(34)12-10-24(5,6)18-28-20(30)16-26(8-2)22(28)32/h7-18H2,1-6H3. The van der Waals surface area contributed by atoms with E-state index >= 15 is 0 Å². The molecule has 2 rings (SSSR count). The van der Waals surface area contributed by atoms with Crippen molar-refractivity contribution < 1.29 is 28.3 Å². The Morgan fingerprint density at radius 1 is 0.667 bits per heavy atom. The summed E-state index contributed by atoms with van der Waals surface area (Å²) in [5.41, 5.74) is -0.739. The Morgan fingerprint density at radius 2 is 1.00 bits per heavy atom. The van der Waals surface area contributed by atoms with Crippen LogP contribution in [0.5, 0.6) is 0 Å². The van der Waals surface area contributed by atoms with Crippen molar-refractivity contribution >= 4 is 46.2 Å². The van der Waals surface area contributed by atoms with Gasteiger partial charge in [-0.2, -0.15) is 0 Å². The molecule has 2 unspecified atom stereocenters. The van der Waals surface area contributed by atoms with Gasteiger partial charge in [-0.15, -0.1) is 0 Å². The third-order valence-electron chi connectivity index (χ3n) is 6.74. The highest BCUT2D eigenvalue weighted by molar-refractivity contribution is 7.95. The van der Waals surface area contributed by atoms with Gasteiger partial charge in [-0.05, 0) is 59.9 Å². The molecular weight excluding hydrogens is 504 g/mol. The molecule has 2 saturated heterocycles. The van der Waals surface area contributed by atoms with E-state index in [4.69, 9.17) is 0 Å². The van der Waals surface area contributed by atoms with Gasteiger partial charge in [-0.3, -0.25) is 19.4 Å². The van der Waals surface area contributed by atoms with Gasteiger partial charge < -0.3 is 18.9 Å². The van der Waals surface area contributed by atoms with Gasteiger partial charge in [-0.25, -0.2) is 9.59 Å². The first-order valence-corrected chi connectivity index (χ1v) is 15.6. The zero-order valence-corrected chi connectivity index (χ0v) is 24.2. The monoisotopic (exact) mass is 546 g/mol. The SMILES string of the molecule is CCN1CC(=O)N(CC(C)(C)CC[S+]([O-])CC[S+]([O-])CCC(C)(C)CN2C(=O)CN(CC)C2=O)C1=O. The molecule has 0 radical (unpaired) electrons. The average molecular weight is 547 g/mol. The highest BCUT2D eigenvalue weighted by Crippen LogP contribution is 2.27. The summed E-state index contributed by atoms with van der Waals surface area (Å²) in [6, 6.07) is -0.535. The van der Waals surface area contributed by atoms with E-state index < -0.39 is 22.4 Å². The highest BCUT2D eigenvalue weighted by Gasteiger charge is 2.39. The van der Waals surface area contributed by atoms with E-state index in [1.807, 2.05) is 41.5 Å². The summed E-state index contributed by atoms with van der Waals surface area (Å²) in [6.45, 7) is 13.3. The zero-order valence-electron chi connectivity index (χ0n) is 22.5. The van der Waals surface area contributed by atoms with Crippen LogP contribution < -0.4 is 0 Å². The Kier molecular flexibility index (Phi) is 11.0. The molecule has 10 nitrogen and oxygen atoms in total. The molecule has 2 atom stereocenters. The summed E-state index contributed by atoms with van der Waals surface area (Å²) in [4.78, 5) is 54.6. The van der Waals surface area contributed by atoms with Gasteiger partial charge in [0.2, 0.25) is 11.8 Å². The minimum absolute atomic E-state index is 0.113. The van der Waals surface area contributed by atoms with Crippen molar-refractivity contribution in [2.75, 3.05) is 62.3 Å². The molecule has 0 bridgehead atoms. The van der Waals surface area contributed by atoms with Gasteiger partial charge in [-0.1, -0.05) is 27.7 Å². The van der Waals surface area contributed by atoms with Crippen LogP contribution in [0.4, 0.5) is 9.59 Å². The summed E-state index contributed by atoms with van der Waals surface area (Å²) >= 11 is -2.31. The minimum Gasteiger partial charge on any atom is -0.616 e. The van der Waals surface area contributed by atoms with Crippen LogP contribution in [0.1, 0.15) is 54.4 Å². The van der Waals surface area contributed by atoms with Gasteiger partial charge in [0, 0.05) is 26.2 Å². The second-order valence-electron chi connectivity index (χ2n) is 11.1. The molecule has 2 heterocycles. The molecule has 2 aliphatic heterocycles. The predicted molar refractivity (Wildman–Crippen MR) is 141 cm³/mol. The molecule has 0 aromatic carbocycles. The van der Waals surface area contributed by atoms with Crippen molar-refractivity contribution in [1.82, 2.24) is 19.6 Å². The van der Waals surface area contributed by atoms with Crippen molar-refractivity contribution in [3.63, 3.8) is 0 Å². The number of nitrogens with zero attached hydrogens (tertiary/aromatic N) is 4. The Bertz CT molecular complexity index is 758. The van der Waals surface area contributed by atoms with E-state index in [0.717, 1.165) is 0 Å². The van der Waals surface area contributed by atoms with Crippen LogP contribution in [0.25, 0.3) is 0 Å². The fraction of sp³-hybridized carbons (Fsp3) is 0.833. The molecule has 206 valence electrons. The average Bonchev–Trinajstić information content (AvgIpc) is 3.23. The molecule has 2 aliphatic rings. The number of imide groups is 2. The summed E-state index contributed by atoms with van der Waals surface area (Å²) in [5.74, 6) is 1.07. The predicted octanol–water partition coefficient (Wildman–Crippen LogP) is 1.88. The zero-order chi connectivity index (χ0) is 27.3. The van der Waals surface area contributed by atoms with E-state index in [2.05, 4.69) is 0 Å². The number of carbonyl (C=O) groups is 4. The number of amides is 6. The molecule has 0 aromatic heterocycles. The van der Waals surface area contributed by atoms with E-state index in [1.54, 1.807) is 0 Å². The Morgan fingerprint density at radius 3 is 1.28 bits per heavy atom. The van der Waals surface area contributed by atoms with Gasteiger partial charge in [0.15, 0.2) is 0 Å². The van der Waals surface area contributed by atoms with Crippen molar-refractivity contribution in [2.24, 2.45) is 10.8 Å². The van der Waals surface area contributed by atoms with Crippen molar-refractivity contribution in [3.05, 3.63) is 0 Å². The molecular formula is C24H42N4O6S2. The maximum absolute atomic E-state index is 12.6. The lowest BCUT2D eigenvalue weighted by Gasteiger charge is -2.29. The Hall–Kier alpha value is -1.50. The van der Waals surface area contributed by atoms with Crippen LogP contribution in [-0.4, -0.2) is 115 Å². The quantitative estimate of drug-likeness (QED) is 0.228. The Labute approximate surface area is 221 Å². The second-order valence-corrected chi connectivity index (χ2v) is 14.5. The lowest BCUT2D eigenvalue weighted by molar-refractivity contribution is -0.127. The van der Waals surface area contributed by atoms with Crippen molar-refractivity contribution in [1.29, 1.82) is 0 Å². The molecule has 0 aromatic rings. The molecule has 6 amide bonds. The van der Waals surface area contributed by atoms with Gasteiger partial charge >= 0.3 is 12.1 Å². The molecule has 0 saturated carbocycles. The molecule has 12 heteroatoms. The van der Waals surface area contributed by atoms with Crippen LogP contribution in [-0.2, 0) is 31.9 Å². The second kappa shape index (κ2) is 12.8. The number of likely N-dealkylation sites (N-methyl/N-ethyl adjacent to an activating group) is 2. The van der Waals surface area contributed by atoms with Gasteiger partial charge in [0.1, 0.15) is 36.1 Å². The van der Waals surface area contributed by atoms with Crippen LogP contribution in [0.2, 0.25) is 0 Å². The fourth-order valence-electron chi connectivity index (χ4n) is 4.18. The topological polar surface area (TPSA) is 127 Å². The summed E-state index contributed by atoms with van der Waals surface area (Å²) in [5, 5.41) is 0. The van der Waals surface area contributed by atoms with Gasteiger partial charge in [0.05, 0.1) is 0 Å². The van der Waals surface area contributed by atoms with Crippen molar-refractivity contribution in [3.8, 4) is 0 Å². The molecule has 2 fully saturated rings. The number of hydrogen-bond donors (Lipinski definition) is 0. The van der Waals surface area contributed by atoms with E-state index in [-0.39, 0.29) is 60.9 Å². The largest absolute Gasteiger partial charge is 0.616 e. The normalized spacial score (nSPS) is 19.2. The summed E-state index contributed by atoms with van der Waals surface area (Å²) in [6.07, 6.45) is 1.16. The van der Waals surface area contributed by atoms with E-state index in [9.17, 15) is 28.3 Å². The fourth-order valence-corrected chi connectivity index (χ4v) is 7.63. The summed E-state index contributed by atoms with van der Waals surface area (Å²) in [7, 11) is 0. The third-order valence-corrected chi connectivity index (χ3v) is 9.64. The van der Waals surface area contributed by atoms with Crippen LogP contribution in [0, 0.1) is 10.8 Å². The first kappa shape index (κ1) is 30.7. The summed E-state index contributed by atoms with van der Waals surface area (Å²) < 4.78 is 25.1. The molecule has 0 spiro atoms. The van der Waals surface area contributed by atoms with Crippen LogP contribution in [0.3, 0.4) is 0 Å². The first-order chi connectivity index (χ1) is 16.7. The maximum atomic E-state index is 12.6. The van der Waals surface area contributed by atoms with Gasteiger partial charge in [0.25, 0.3) is 0 Å². The van der Waals surface area contributed by atoms with Crippen LogP contribution >= 0.6 is 0 Å². The molecule has 36 heavy (non-hydrogen) atoms. The number of rotatable bonds is 15. The molecule has 0 N–H and O–H groups in total. The number of carbonyl (C=O) groups excluding carboxylic acids is 4. The lowest BCUT2D eigenvalue weighted by Crippen LogP contribution is -2.41. The number of hydrogen-bond acceptors (Lipinski definition) is 6.